The third-order valence-electron chi connectivity index (χ3n) is 5.54. The lowest BCUT2D eigenvalue weighted by molar-refractivity contribution is -0.137. The second-order valence-electron chi connectivity index (χ2n) is 7.66. The summed E-state index contributed by atoms with van der Waals surface area (Å²) < 4.78 is 45.4. The molecule has 0 aliphatic rings. The van der Waals surface area contributed by atoms with Crippen molar-refractivity contribution in [2.24, 2.45) is 0 Å². The fraction of sp³-hybridized carbons (Fsp3) is 0.0800. The molecule has 5 rings (SSSR count). The lowest BCUT2D eigenvalue weighted by Gasteiger charge is -2.09. The van der Waals surface area contributed by atoms with Gasteiger partial charge in [-0.05, 0) is 29.3 Å². The molecule has 10 heteroatoms. The standard InChI is InChI=1S/C25H16F3N3O3S/c1-34-19-4-2-3-18(10-19)31-23(32)21-20(13-35-22(21)30-24(31)33)15-7-5-14(6-8-15)16-9-17(12-29-11-16)25(26,27)28/h2-13H,1H3,(H,30,33). The Balaban J connectivity index is 1.60. The van der Waals surface area contributed by atoms with Gasteiger partial charge in [-0.15, -0.1) is 11.3 Å². The molecule has 0 radical (unpaired) electrons. The van der Waals surface area contributed by atoms with E-state index in [-0.39, 0.29) is 0 Å². The van der Waals surface area contributed by atoms with Gasteiger partial charge in [-0.1, -0.05) is 30.3 Å². The molecule has 35 heavy (non-hydrogen) atoms. The van der Waals surface area contributed by atoms with E-state index in [0.717, 1.165) is 16.8 Å². The van der Waals surface area contributed by atoms with E-state index in [4.69, 9.17) is 4.74 Å². The maximum absolute atomic E-state index is 13.4. The zero-order valence-corrected chi connectivity index (χ0v) is 18.9. The van der Waals surface area contributed by atoms with Crippen LogP contribution in [0.4, 0.5) is 13.2 Å². The Morgan fingerprint density at radius 2 is 1.71 bits per heavy atom. The number of alkyl halides is 3. The molecular weight excluding hydrogens is 479 g/mol. The molecule has 2 aromatic carbocycles. The lowest BCUT2D eigenvalue weighted by Crippen LogP contribution is -2.33. The highest BCUT2D eigenvalue weighted by molar-refractivity contribution is 7.17. The first-order valence-corrected chi connectivity index (χ1v) is 11.2. The normalized spacial score (nSPS) is 11.7. The average Bonchev–Trinajstić information content (AvgIpc) is 3.28. The van der Waals surface area contributed by atoms with Crippen LogP contribution in [0.15, 0.2) is 82.0 Å². The summed E-state index contributed by atoms with van der Waals surface area (Å²) >= 11 is 1.23. The van der Waals surface area contributed by atoms with Crippen LogP contribution in [0.1, 0.15) is 5.56 Å². The van der Waals surface area contributed by atoms with E-state index in [2.05, 4.69) is 9.97 Å². The van der Waals surface area contributed by atoms with Gasteiger partial charge in [0.15, 0.2) is 0 Å². The molecule has 0 aliphatic carbocycles. The van der Waals surface area contributed by atoms with Crippen molar-refractivity contribution in [2.45, 2.75) is 6.18 Å². The maximum Gasteiger partial charge on any atom is 0.417 e. The highest BCUT2D eigenvalue weighted by Crippen LogP contribution is 2.34. The number of nitrogens with zero attached hydrogens (tertiary/aromatic N) is 2. The van der Waals surface area contributed by atoms with Crippen molar-refractivity contribution in [3.05, 3.63) is 98.8 Å². The average molecular weight is 495 g/mol. The highest BCUT2D eigenvalue weighted by Gasteiger charge is 2.31. The molecule has 0 atom stereocenters. The predicted octanol–water partition coefficient (Wildman–Crippen LogP) is 5.50. The second kappa shape index (κ2) is 8.55. The van der Waals surface area contributed by atoms with Crippen LogP contribution in [0.2, 0.25) is 0 Å². The topological polar surface area (TPSA) is 77.0 Å². The molecule has 5 aromatic rings. The van der Waals surface area contributed by atoms with E-state index in [1.807, 2.05) is 0 Å². The fourth-order valence-corrected chi connectivity index (χ4v) is 4.76. The van der Waals surface area contributed by atoms with Crippen LogP contribution >= 0.6 is 11.3 Å². The van der Waals surface area contributed by atoms with Gasteiger partial charge >= 0.3 is 11.9 Å². The predicted molar refractivity (Wildman–Crippen MR) is 128 cm³/mol. The van der Waals surface area contributed by atoms with Crippen molar-refractivity contribution in [3.8, 4) is 33.7 Å². The largest absolute Gasteiger partial charge is 0.497 e. The maximum atomic E-state index is 13.4. The molecule has 0 aliphatic heterocycles. The highest BCUT2D eigenvalue weighted by atomic mass is 32.1. The van der Waals surface area contributed by atoms with Gasteiger partial charge in [-0.2, -0.15) is 13.2 Å². The number of benzene rings is 2. The molecule has 0 saturated carbocycles. The first-order chi connectivity index (χ1) is 16.8. The zero-order valence-electron chi connectivity index (χ0n) is 18.1. The van der Waals surface area contributed by atoms with Crippen molar-refractivity contribution in [1.29, 1.82) is 0 Å². The third kappa shape index (κ3) is 4.12. The number of methoxy groups -OCH3 is 1. The number of halogens is 3. The molecule has 176 valence electrons. The van der Waals surface area contributed by atoms with Crippen LogP contribution in [0, 0.1) is 0 Å². The molecule has 0 saturated heterocycles. The summed E-state index contributed by atoms with van der Waals surface area (Å²) in [6, 6.07) is 14.4. The molecule has 0 fully saturated rings. The summed E-state index contributed by atoms with van der Waals surface area (Å²) in [5.41, 5.74) is 0.640. The lowest BCUT2D eigenvalue weighted by atomic mass is 10.0. The van der Waals surface area contributed by atoms with Crippen LogP contribution in [-0.2, 0) is 6.18 Å². The number of aromatic nitrogens is 3. The number of pyridine rings is 1. The molecule has 0 amide bonds. The molecule has 3 aromatic heterocycles. The van der Waals surface area contributed by atoms with E-state index in [0.29, 0.717) is 43.9 Å². The number of nitrogens with one attached hydrogen (secondary N) is 1. The number of fused-ring (bicyclic) bond motifs is 1. The van der Waals surface area contributed by atoms with Crippen LogP contribution in [-0.4, -0.2) is 21.6 Å². The van der Waals surface area contributed by atoms with Crippen molar-refractivity contribution < 1.29 is 17.9 Å². The fourth-order valence-electron chi connectivity index (χ4n) is 3.81. The minimum absolute atomic E-state index is 0.325. The van der Waals surface area contributed by atoms with Crippen LogP contribution in [0.25, 0.3) is 38.2 Å². The summed E-state index contributed by atoms with van der Waals surface area (Å²) in [5, 5.41) is 2.10. The van der Waals surface area contributed by atoms with Gasteiger partial charge in [0.05, 0.1) is 23.7 Å². The number of H-pyrrole nitrogens is 1. The van der Waals surface area contributed by atoms with Crippen molar-refractivity contribution in [3.63, 3.8) is 0 Å². The van der Waals surface area contributed by atoms with Gasteiger partial charge in [0.2, 0.25) is 0 Å². The molecule has 0 bridgehead atoms. The van der Waals surface area contributed by atoms with Crippen molar-refractivity contribution >= 4 is 21.6 Å². The van der Waals surface area contributed by atoms with Crippen LogP contribution in [0.3, 0.4) is 0 Å². The molecule has 1 N–H and O–H groups in total. The van der Waals surface area contributed by atoms with E-state index >= 15 is 0 Å². The second-order valence-corrected chi connectivity index (χ2v) is 8.54. The van der Waals surface area contributed by atoms with E-state index in [9.17, 15) is 22.8 Å². The Labute approximate surface area is 199 Å². The monoisotopic (exact) mass is 495 g/mol. The number of hydrogen-bond acceptors (Lipinski definition) is 5. The van der Waals surface area contributed by atoms with Gasteiger partial charge in [0, 0.05) is 35.0 Å². The van der Waals surface area contributed by atoms with Gasteiger partial charge in [-0.25, -0.2) is 9.36 Å². The first-order valence-electron chi connectivity index (χ1n) is 10.3. The quantitative estimate of drug-likeness (QED) is 0.357. The Hall–Kier alpha value is -4.18. The summed E-state index contributed by atoms with van der Waals surface area (Å²) in [5.74, 6) is 0.499. The molecular formula is C25H16F3N3O3S. The Morgan fingerprint density at radius 3 is 2.43 bits per heavy atom. The van der Waals surface area contributed by atoms with Gasteiger partial charge < -0.3 is 4.74 Å². The first kappa shape index (κ1) is 22.6. The SMILES string of the molecule is COc1cccc(-n2c(=O)[nH]c3scc(-c4ccc(-c5cncc(C(F)(F)F)c5)cc4)c3c2=O)c1. The number of ether oxygens (including phenoxy) is 1. The number of aromatic amines is 1. The molecule has 6 nitrogen and oxygen atoms in total. The number of thiophene rings is 1. The number of hydrogen-bond donors (Lipinski definition) is 1. The molecule has 0 spiro atoms. The van der Waals surface area contributed by atoms with Crippen molar-refractivity contribution in [2.75, 3.05) is 7.11 Å². The van der Waals surface area contributed by atoms with Crippen molar-refractivity contribution in [1.82, 2.24) is 14.5 Å². The summed E-state index contributed by atoms with van der Waals surface area (Å²) in [6.07, 6.45) is -2.34. The van der Waals surface area contributed by atoms with Gasteiger partial charge in [0.1, 0.15) is 10.6 Å². The minimum atomic E-state index is -4.49. The van der Waals surface area contributed by atoms with Gasteiger partial charge in [0.25, 0.3) is 5.56 Å². The molecule has 3 heterocycles. The summed E-state index contributed by atoms with van der Waals surface area (Å²) in [6.45, 7) is 0. The number of rotatable bonds is 4. The Bertz CT molecular complexity index is 1670. The van der Waals surface area contributed by atoms with E-state index in [1.54, 1.807) is 53.9 Å². The minimum Gasteiger partial charge on any atom is -0.497 e. The van der Waals surface area contributed by atoms with Crippen LogP contribution in [0.5, 0.6) is 5.75 Å². The third-order valence-corrected chi connectivity index (χ3v) is 6.43. The zero-order chi connectivity index (χ0) is 24.7. The van der Waals surface area contributed by atoms with Crippen LogP contribution < -0.4 is 16.0 Å². The Morgan fingerprint density at radius 1 is 0.971 bits per heavy atom. The van der Waals surface area contributed by atoms with E-state index in [1.165, 1.54) is 24.6 Å². The summed E-state index contributed by atoms with van der Waals surface area (Å²) in [7, 11) is 1.49. The molecule has 0 unspecified atom stereocenters. The smallest absolute Gasteiger partial charge is 0.417 e. The summed E-state index contributed by atoms with van der Waals surface area (Å²) in [4.78, 5) is 33.0. The van der Waals surface area contributed by atoms with E-state index < -0.39 is 23.0 Å². The Kier molecular flexibility index (Phi) is 5.52. The van der Waals surface area contributed by atoms with Gasteiger partial charge in [-0.3, -0.25) is 14.8 Å².